The van der Waals surface area contributed by atoms with Crippen LogP contribution in [-0.2, 0) is 7.05 Å². The van der Waals surface area contributed by atoms with Crippen molar-refractivity contribution >= 4 is 50.7 Å². The summed E-state index contributed by atoms with van der Waals surface area (Å²) in [5.41, 5.74) is 4.18. The zero-order valence-electron chi connectivity index (χ0n) is 16.2. The van der Waals surface area contributed by atoms with Crippen LogP contribution >= 0.6 is 22.9 Å². The van der Waals surface area contributed by atoms with Gasteiger partial charge in [0.25, 0.3) is 5.91 Å². The molecule has 4 heterocycles. The summed E-state index contributed by atoms with van der Waals surface area (Å²) in [6.45, 7) is 0.710. The van der Waals surface area contributed by atoms with Gasteiger partial charge in [-0.3, -0.25) is 4.79 Å². The Morgan fingerprint density at radius 3 is 3.00 bits per heavy atom. The summed E-state index contributed by atoms with van der Waals surface area (Å²) in [6.07, 6.45) is 1.83. The maximum Gasteiger partial charge on any atom is 0.271 e. The molecule has 1 atom stereocenters. The topological polar surface area (TPSA) is 75.9 Å². The van der Waals surface area contributed by atoms with Crippen LogP contribution in [0.15, 0.2) is 48.0 Å². The molecule has 1 aliphatic heterocycles. The Hall–Kier alpha value is -2.97. The molecule has 0 spiro atoms. The molecule has 152 valence electrons. The van der Waals surface area contributed by atoms with Crippen molar-refractivity contribution in [2.45, 2.75) is 18.9 Å². The van der Waals surface area contributed by atoms with E-state index in [1.807, 2.05) is 59.0 Å². The van der Waals surface area contributed by atoms with Crippen LogP contribution in [0, 0.1) is 0 Å². The van der Waals surface area contributed by atoms with Crippen LogP contribution in [0.4, 0.5) is 10.9 Å². The zero-order valence-corrected chi connectivity index (χ0v) is 17.8. The van der Waals surface area contributed by atoms with Crippen molar-refractivity contribution in [3.05, 3.63) is 64.4 Å². The first-order valence-corrected chi connectivity index (χ1v) is 10.9. The van der Waals surface area contributed by atoms with E-state index in [1.54, 1.807) is 5.51 Å². The van der Waals surface area contributed by atoms with Gasteiger partial charge in [0.05, 0.1) is 11.7 Å². The second-order valence-corrected chi connectivity index (χ2v) is 8.53. The smallest absolute Gasteiger partial charge is 0.271 e. The predicted molar refractivity (Wildman–Crippen MR) is 118 cm³/mol. The highest BCUT2D eigenvalue weighted by molar-refractivity contribution is 7.13. The van der Waals surface area contributed by atoms with Gasteiger partial charge in [-0.1, -0.05) is 29.0 Å². The minimum absolute atomic E-state index is 0.0107. The van der Waals surface area contributed by atoms with Gasteiger partial charge in [0.2, 0.25) is 5.13 Å². The Kier molecular flexibility index (Phi) is 4.88. The zero-order chi connectivity index (χ0) is 20.7. The fourth-order valence-electron chi connectivity index (χ4n) is 4.03. The number of anilines is 2. The van der Waals surface area contributed by atoms with Gasteiger partial charge in [0.1, 0.15) is 17.0 Å². The van der Waals surface area contributed by atoms with Crippen molar-refractivity contribution in [2.75, 3.05) is 11.9 Å². The molecule has 9 heteroatoms. The Morgan fingerprint density at radius 1 is 1.27 bits per heavy atom. The third-order valence-electron chi connectivity index (χ3n) is 5.44. The van der Waals surface area contributed by atoms with Crippen LogP contribution in [0.3, 0.4) is 0 Å². The summed E-state index contributed by atoms with van der Waals surface area (Å²) in [5, 5.41) is 13.3. The largest absolute Gasteiger partial charge is 0.340 e. The van der Waals surface area contributed by atoms with Crippen LogP contribution in [0.2, 0.25) is 5.02 Å². The lowest BCUT2D eigenvalue weighted by atomic mass is 10.1. The number of carbonyl (C=O) groups excluding carboxylic acids is 1. The average molecular weight is 439 g/mol. The molecule has 0 aliphatic carbocycles. The summed E-state index contributed by atoms with van der Waals surface area (Å²) in [5.74, 6) is 0.708. The molecule has 7 nitrogen and oxygen atoms in total. The van der Waals surface area contributed by atoms with Gasteiger partial charge in [-0.05, 0) is 49.2 Å². The number of aryl methyl sites for hydroxylation is 1. The standard InChI is InChI=1S/C21H19ClN6OS/c1-27-16-8-7-14(22)10-13(16)11-18(27)20(29)28-9-3-5-17(28)15-4-2-6-19(24-15)25-21-26-23-12-30-21/h2,4,6-8,10-12,17H,3,5,9H2,1H3,(H,24,25,26). The van der Waals surface area contributed by atoms with E-state index in [-0.39, 0.29) is 11.9 Å². The van der Waals surface area contributed by atoms with E-state index in [2.05, 4.69) is 15.5 Å². The number of aromatic nitrogens is 4. The van der Waals surface area contributed by atoms with E-state index in [4.69, 9.17) is 16.6 Å². The van der Waals surface area contributed by atoms with Crippen LogP contribution in [-0.4, -0.2) is 37.1 Å². The molecule has 0 saturated carbocycles. The fraction of sp³-hybridized carbons (Fsp3) is 0.238. The minimum Gasteiger partial charge on any atom is -0.340 e. The maximum absolute atomic E-state index is 13.5. The molecule has 30 heavy (non-hydrogen) atoms. The molecule has 5 rings (SSSR count). The molecule has 0 radical (unpaired) electrons. The number of rotatable bonds is 4. The van der Waals surface area contributed by atoms with E-state index in [0.717, 1.165) is 29.4 Å². The Bertz CT molecular complexity index is 1220. The van der Waals surface area contributed by atoms with Gasteiger partial charge in [-0.2, -0.15) is 0 Å². The molecule has 1 aromatic carbocycles. The summed E-state index contributed by atoms with van der Waals surface area (Å²) in [6, 6.07) is 13.3. The van der Waals surface area contributed by atoms with Gasteiger partial charge >= 0.3 is 0 Å². The monoisotopic (exact) mass is 438 g/mol. The second kappa shape index (κ2) is 7.70. The van der Waals surface area contributed by atoms with Crippen molar-refractivity contribution < 1.29 is 4.79 Å². The number of hydrogen-bond donors (Lipinski definition) is 1. The highest BCUT2D eigenvalue weighted by Gasteiger charge is 2.33. The summed E-state index contributed by atoms with van der Waals surface area (Å²) in [7, 11) is 1.92. The highest BCUT2D eigenvalue weighted by atomic mass is 35.5. The number of benzene rings is 1. The first-order chi connectivity index (χ1) is 14.6. The van der Waals surface area contributed by atoms with Gasteiger partial charge in [-0.25, -0.2) is 4.98 Å². The molecule has 1 amide bonds. The fourth-order valence-corrected chi connectivity index (χ4v) is 4.67. The van der Waals surface area contributed by atoms with Crippen LogP contribution < -0.4 is 5.32 Å². The summed E-state index contributed by atoms with van der Waals surface area (Å²) < 4.78 is 1.93. The molecule has 4 aromatic rings. The SMILES string of the molecule is Cn1c(C(=O)N2CCCC2c2cccc(Nc3nncs3)n2)cc2cc(Cl)ccc21. The molecule has 1 N–H and O–H groups in total. The Labute approximate surface area is 182 Å². The molecule has 0 bridgehead atoms. The van der Waals surface area contributed by atoms with Gasteiger partial charge in [-0.15, -0.1) is 10.2 Å². The van der Waals surface area contributed by atoms with Gasteiger partial charge in [0.15, 0.2) is 0 Å². The number of fused-ring (bicyclic) bond motifs is 1. The lowest BCUT2D eigenvalue weighted by Gasteiger charge is -2.25. The third-order valence-corrected chi connectivity index (χ3v) is 6.29. The highest BCUT2D eigenvalue weighted by Crippen LogP contribution is 2.34. The molecule has 1 saturated heterocycles. The number of carbonyl (C=O) groups is 1. The number of hydrogen-bond acceptors (Lipinski definition) is 6. The third kappa shape index (κ3) is 3.42. The molecule has 3 aromatic heterocycles. The number of nitrogens with one attached hydrogen (secondary N) is 1. The van der Waals surface area contributed by atoms with E-state index < -0.39 is 0 Å². The lowest BCUT2D eigenvalue weighted by molar-refractivity contribution is 0.0724. The van der Waals surface area contributed by atoms with Gasteiger partial charge < -0.3 is 14.8 Å². The summed E-state index contributed by atoms with van der Waals surface area (Å²) >= 11 is 7.54. The van der Waals surface area contributed by atoms with Crippen LogP contribution in [0.25, 0.3) is 10.9 Å². The number of nitrogens with zero attached hydrogens (tertiary/aromatic N) is 5. The van der Waals surface area contributed by atoms with Crippen molar-refractivity contribution in [3.8, 4) is 0 Å². The molecular weight excluding hydrogens is 420 g/mol. The van der Waals surface area contributed by atoms with Crippen LogP contribution in [0.5, 0.6) is 0 Å². The number of amides is 1. The molecular formula is C21H19ClN6OS. The van der Waals surface area contributed by atoms with Crippen molar-refractivity contribution in [1.29, 1.82) is 0 Å². The van der Waals surface area contributed by atoms with E-state index in [9.17, 15) is 4.79 Å². The van der Waals surface area contributed by atoms with Crippen molar-refractivity contribution in [3.63, 3.8) is 0 Å². The molecule has 1 aliphatic rings. The maximum atomic E-state index is 13.5. The lowest BCUT2D eigenvalue weighted by Crippen LogP contribution is -2.32. The van der Waals surface area contributed by atoms with Gasteiger partial charge in [0, 0.05) is 29.5 Å². The van der Waals surface area contributed by atoms with E-state index >= 15 is 0 Å². The quantitative estimate of drug-likeness (QED) is 0.495. The Balaban J connectivity index is 1.44. The molecule has 1 fully saturated rings. The first kappa shape index (κ1) is 19.0. The average Bonchev–Trinajstić information content (AvgIpc) is 3.48. The number of halogens is 1. The van der Waals surface area contributed by atoms with Crippen molar-refractivity contribution in [1.82, 2.24) is 24.6 Å². The van der Waals surface area contributed by atoms with Crippen LogP contribution in [0.1, 0.15) is 35.1 Å². The van der Waals surface area contributed by atoms with Crippen molar-refractivity contribution in [2.24, 2.45) is 7.05 Å². The molecule has 1 unspecified atom stereocenters. The first-order valence-electron chi connectivity index (χ1n) is 9.66. The van der Waals surface area contributed by atoms with E-state index in [0.29, 0.717) is 28.2 Å². The Morgan fingerprint density at radius 2 is 2.17 bits per heavy atom. The number of pyridine rings is 1. The normalized spacial score (nSPS) is 16.3. The van der Waals surface area contributed by atoms with E-state index in [1.165, 1.54) is 11.3 Å². The second-order valence-electron chi connectivity index (χ2n) is 7.26. The minimum atomic E-state index is -0.0599. The summed E-state index contributed by atoms with van der Waals surface area (Å²) in [4.78, 5) is 20.1. The predicted octanol–water partition coefficient (Wildman–Crippen LogP) is 4.80. The number of likely N-dealkylation sites (tertiary alicyclic amines) is 1.